The predicted octanol–water partition coefficient (Wildman–Crippen LogP) is 15.2. The van der Waals surface area contributed by atoms with Crippen LogP contribution < -0.4 is 0 Å². The third-order valence-corrected chi connectivity index (χ3v) is 12.3. The molecule has 9 aromatic carbocycles. The number of aromatic nitrogens is 2. The van der Waals surface area contributed by atoms with Gasteiger partial charge in [0.05, 0.1) is 11.4 Å². The van der Waals surface area contributed by atoms with E-state index in [9.17, 15) is 0 Å². The fourth-order valence-electron chi connectivity index (χ4n) is 8.28. The van der Waals surface area contributed by atoms with Gasteiger partial charge in [0.2, 0.25) is 0 Å². The van der Waals surface area contributed by atoms with Crippen LogP contribution >= 0.6 is 11.3 Å². The Morgan fingerprint density at radius 3 is 1.67 bits per heavy atom. The van der Waals surface area contributed by atoms with Crippen molar-refractivity contribution in [1.29, 1.82) is 0 Å². The third kappa shape index (κ3) is 5.97. The van der Waals surface area contributed by atoms with Gasteiger partial charge in [-0.25, -0.2) is 9.97 Å². The minimum Gasteiger partial charge on any atom is -0.228 e. The van der Waals surface area contributed by atoms with E-state index in [1.807, 2.05) is 35.6 Å². The maximum Gasteiger partial charge on any atom is 0.160 e. The van der Waals surface area contributed by atoms with Gasteiger partial charge in [-0.15, -0.1) is 11.3 Å². The van der Waals surface area contributed by atoms with E-state index in [1.54, 1.807) is 0 Å². The average molecular weight is 743 g/mol. The molecule has 2 nitrogen and oxygen atoms in total. The van der Waals surface area contributed by atoms with Crippen LogP contribution in [-0.4, -0.2) is 9.97 Å². The van der Waals surface area contributed by atoms with E-state index < -0.39 is 0 Å². The molecule has 2 heterocycles. The molecule has 57 heavy (non-hydrogen) atoms. The summed E-state index contributed by atoms with van der Waals surface area (Å²) >= 11 is 1.86. The van der Waals surface area contributed by atoms with Crippen LogP contribution in [0.4, 0.5) is 0 Å². The molecule has 0 atom stereocenters. The summed E-state index contributed by atoms with van der Waals surface area (Å²) in [5.74, 6) is 0.706. The summed E-state index contributed by atoms with van der Waals surface area (Å²) in [5.41, 5.74) is 12.0. The van der Waals surface area contributed by atoms with Crippen molar-refractivity contribution in [1.82, 2.24) is 9.97 Å². The molecule has 266 valence electrons. The molecule has 0 amide bonds. The molecule has 0 unspecified atom stereocenters. The number of benzene rings is 9. The summed E-state index contributed by atoms with van der Waals surface area (Å²) in [6, 6.07) is 74.0. The molecule has 2 aromatic heterocycles. The second-order valence-corrected chi connectivity index (χ2v) is 15.6. The summed E-state index contributed by atoms with van der Waals surface area (Å²) in [4.78, 5) is 10.4. The van der Waals surface area contributed by atoms with Crippen molar-refractivity contribution >= 4 is 53.1 Å². The normalized spacial score (nSPS) is 11.5. The third-order valence-electron chi connectivity index (χ3n) is 11.1. The molecule has 0 radical (unpaired) electrons. The van der Waals surface area contributed by atoms with Gasteiger partial charge in [-0.05, 0) is 91.3 Å². The predicted molar refractivity (Wildman–Crippen MR) is 243 cm³/mol. The van der Waals surface area contributed by atoms with E-state index >= 15 is 0 Å². The van der Waals surface area contributed by atoms with E-state index in [1.165, 1.54) is 58.4 Å². The molecule has 0 spiro atoms. The van der Waals surface area contributed by atoms with Crippen molar-refractivity contribution in [2.45, 2.75) is 0 Å². The molecule has 3 heteroatoms. The summed E-state index contributed by atoms with van der Waals surface area (Å²) in [6.45, 7) is 0. The second-order valence-electron chi connectivity index (χ2n) is 14.5. The minimum atomic E-state index is 0.706. The first-order chi connectivity index (χ1) is 28.2. The van der Waals surface area contributed by atoms with Gasteiger partial charge in [0, 0.05) is 36.9 Å². The first-order valence-corrected chi connectivity index (χ1v) is 20.1. The van der Waals surface area contributed by atoms with Crippen molar-refractivity contribution in [3.63, 3.8) is 0 Å². The van der Waals surface area contributed by atoms with Crippen LogP contribution in [0.15, 0.2) is 206 Å². The zero-order valence-electron chi connectivity index (χ0n) is 30.9. The highest BCUT2D eigenvalue weighted by molar-refractivity contribution is 7.26. The summed E-state index contributed by atoms with van der Waals surface area (Å²) < 4.78 is 2.59. The number of hydrogen-bond donors (Lipinski definition) is 0. The van der Waals surface area contributed by atoms with E-state index in [0.29, 0.717) is 5.82 Å². The standard InChI is InChI=1S/C54H34N2S/c1-3-14-37(15-4-1)50-34-51(56-54(55-50)38-16-5-2-6-17-38)42-31-40(30-41(32-42)44-23-13-24-48-47-22-11-12-25-52(47)57-53(44)48)35-26-28-36(29-27-35)49-33-39-18-7-8-19-43(39)45-20-9-10-21-46(45)49/h1-34H. The van der Waals surface area contributed by atoms with Crippen molar-refractivity contribution in [3.8, 4) is 67.3 Å². The molecule has 0 N–H and O–H groups in total. The summed E-state index contributed by atoms with van der Waals surface area (Å²) in [6.07, 6.45) is 0. The number of fused-ring (bicyclic) bond motifs is 6. The Morgan fingerprint density at radius 1 is 0.298 bits per heavy atom. The highest BCUT2D eigenvalue weighted by Crippen LogP contribution is 2.43. The lowest BCUT2D eigenvalue weighted by Crippen LogP contribution is -1.96. The highest BCUT2D eigenvalue weighted by Gasteiger charge is 2.17. The molecular weight excluding hydrogens is 709 g/mol. The fourth-order valence-corrected chi connectivity index (χ4v) is 9.51. The Morgan fingerprint density at radius 2 is 0.877 bits per heavy atom. The van der Waals surface area contributed by atoms with E-state index in [2.05, 4.69) is 182 Å². The van der Waals surface area contributed by atoms with E-state index in [4.69, 9.17) is 9.97 Å². The first kappa shape index (κ1) is 33.2. The Kier molecular flexibility index (Phi) is 8.04. The highest BCUT2D eigenvalue weighted by atomic mass is 32.1. The molecule has 0 aliphatic carbocycles. The lowest BCUT2D eigenvalue weighted by Gasteiger charge is -2.14. The molecule has 0 bridgehead atoms. The summed E-state index contributed by atoms with van der Waals surface area (Å²) in [5, 5.41) is 7.64. The van der Waals surface area contributed by atoms with Crippen LogP contribution in [0.2, 0.25) is 0 Å². The lowest BCUT2D eigenvalue weighted by molar-refractivity contribution is 1.18. The van der Waals surface area contributed by atoms with Crippen molar-refractivity contribution in [2.75, 3.05) is 0 Å². The van der Waals surface area contributed by atoms with Gasteiger partial charge in [0.1, 0.15) is 0 Å². The molecule has 0 saturated carbocycles. The number of hydrogen-bond acceptors (Lipinski definition) is 3. The second kappa shape index (κ2) is 13.8. The maximum absolute atomic E-state index is 5.27. The smallest absolute Gasteiger partial charge is 0.160 e. The average Bonchev–Trinajstić information content (AvgIpc) is 3.68. The fraction of sp³-hybridized carbons (Fsp3) is 0. The van der Waals surface area contributed by atoms with Crippen LogP contribution in [0.3, 0.4) is 0 Å². The monoisotopic (exact) mass is 742 g/mol. The van der Waals surface area contributed by atoms with Gasteiger partial charge < -0.3 is 0 Å². The van der Waals surface area contributed by atoms with Crippen molar-refractivity contribution < 1.29 is 0 Å². The van der Waals surface area contributed by atoms with Gasteiger partial charge in [-0.3, -0.25) is 0 Å². The molecule has 0 aliphatic heterocycles. The molecule has 0 fully saturated rings. The van der Waals surface area contributed by atoms with Gasteiger partial charge in [-0.1, -0.05) is 170 Å². The number of thiophene rings is 1. The SMILES string of the molecule is c1ccc(-c2cc(-c3cc(-c4ccc(-c5cc6ccccc6c6ccccc56)cc4)cc(-c4cccc5c4sc4ccccc45)c3)nc(-c3ccccc3)n2)cc1. The van der Waals surface area contributed by atoms with Gasteiger partial charge in [0.25, 0.3) is 0 Å². The van der Waals surface area contributed by atoms with Crippen LogP contribution in [0.1, 0.15) is 0 Å². The molecular formula is C54H34N2S. The van der Waals surface area contributed by atoms with E-state index in [-0.39, 0.29) is 0 Å². The van der Waals surface area contributed by atoms with Crippen LogP contribution in [0, 0.1) is 0 Å². The van der Waals surface area contributed by atoms with E-state index in [0.717, 1.165) is 44.8 Å². The van der Waals surface area contributed by atoms with Gasteiger partial charge >= 0.3 is 0 Å². The molecule has 0 aliphatic rings. The molecule has 0 saturated heterocycles. The van der Waals surface area contributed by atoms with Crippen molar-refractivity contribution in [2.24, 2.45) is 0 Å². The Bertz CT molecular complexity index is 3220. The molecule has 11 rings (SSSR count). The van der Waals surface area contributed by atoms with Gasteiger partial charge in [-0.2, -0.15) is 0 Å². The number of rotatable bonds is 6. The summed E-state index contributed by atoms with van der Waals surface area (Å²) in [7, 11) is 0. The Labute approximate surface area is 335 Å². The zero-order valence-corrected chi connectivity index (χ0v) is 31.7. The van der Waals surface area contributed by atoms with Crippen molar-refractivity contribution in [3.05, 3.63) is 206 Å². The zero-order chi connectivity index (χ0) is 37.7. The topological polar surface area (TPSA) is 25.8 Å². The lowest BCUT2D eigenvalue weighted by atomic mass is 9.91. The van der Waals surface area contributed by atoms with Gasteiger partial charge in [0.15, 0.2) is 5.82 Å². The minimum absolute atomic E-state index is 0.706. The molecule has 11 aromatic rings. The Balaban J connectivity index is 1.11. The Hall–Kier alpha value is -7.20. The quantitative estimate of drug-likeness (QED) is 0.159. The number of nitrogens with zero attached hydrogens (tertiary/aromatic N) is 2. The largest absolute Gasteiger partial charge is 0.228 e. The van der Waals surface area contributed by atoms with Crippen LogP contribution in [-0.2, 0) is 0 Å². The van der Waals surface area contributed by atoms with Crippen LogP contribution in [0.25, 0.3) is 109 Å². The maximum atomic E-state index is 5.27. The first-order valence-electron chi connectivity index (χ1n) is 19.3. The van der Waals surface area contributed by atoms with Crippen LogP contribution in [0.5, 0.6) is 0 Å².